The highest BCUT2D eigenvalue weighted by molar-refractivity contribution is 7.99. The van der Waals surface area contributed by atoms with Crippen LogP contribution in [0.5, 0.6) is 0 Å². The lowest BCUT2D eigenvalue weighted by atomic mass is 10.1. The van der Waals surface area contributed by atoms with Crippen molar-refractivity contribution >= 4 is 35.0 Å². The van der Waals surface area contributed by atoms with E-state index in [0.29, 0.717) is 16.6 Å². The molecule has 0 spiro atoms. The van der Waals surface area contributed by atoms with Gasteiger partial charge in [0, 0.05) is 23.7 Å². The number of hydrogen-bond acceptors (Lipinski definition) is 4. The van der Waals surface area contributed by atoms with E-state index in [-0.39, 0.29) is 11.7 Å². The normalized spacial score (nSPS) is 11.1. The summed E-state index contributed by atoms with van der Waals surface area (Å²) in [5.74, 6) is 1.52. The lowest BCUT2D eigenvalue weighted by molar-refractivity contribution is -0.113. The van der Waals surface area contributed by atoms with Crippen molar-refractivity contribution in [2.45, 2.75) is 38.9 Å². The SMILES string of the molecule is Cc1ccc(NC(=O)CSc2nnc(Cc3ccccc3)n2CC(C)C)cc1Cl. The number of rotatable bonds is 8. The van der Waals surface area contributed by atoms with E-state index in [0.717, 1.165) is 29.5 Å². The van der Waals surface area contributed by atoms with Crippen LogP contribution in [0.1, 0.15) is 30.8 Å². The molecule has 0 aliphatic heterocycles. The summed E-state index contributed by atoms with van der Waals surface area (Å²) >= 11 is 7.53. The van der Waals surface area contributed by atoms with Gasteiger partial charge in [0.05, 0.1) is 5.75 Å². The summed E-state index contributed by atoms with van der Waals surface area (Å²) in [5.41, 5.74) is 2.86. The fourth-order valence-electron chi connectivity index (χ4n) is 2.88. The van der Waals surface area contributed by atoms with E-state index in [1.54, 1.807) is 6.07 Å². The molecule has 0 saturated heterocycles. The van der Waals surface area contributed by atoms with Gasteiger partial charge in [0.1, 0.15) is 5.82 Å². The van der Waals surface area contributed by atoms with Crippen molar-refractivity contribution in [3.63, 3.8) is 0 Å². The number of benzene rings is 2. The summed E-state index contributed by atoms with van der Waals surface area (Å²) in [6.07, 6.45) is 0.717. The first-order valence-electron chi connectivity index (χ1n) is 9.57. The summed E-state index contributed by atoms with van der Waals surface area (Å²) in [6.45, 7) is 7.06. The molecule has 29 heavy (non-hydrogen) atoms. The number of halogens is 1. The molecule has 7 heteroatoms. The lowest BCUT2D eigenvalue weighted by Crippen LogP contribution is -2.15. The van der Waals surface area contributed by atoms with Gasteiger partial charge in [-0.15, -0.1) is 10.2 Å². The standard InChI is InChI=1S/C22H25ClN4OS/c1-15(2)13-27-20(11-17-7-5-4-6-8-17)25-26-22(27)29-14-21(28)24-18-10-9-16(3)19(23)12-18/h4-10,12,15H,11,13-14H2,1-3H3,(H,24,28). The predicted octanol–water partition coefficient (Wildman–Crippen LogP) is 5.22. The Labute approximate surface area is 180 Å². The molecule has 1 heterocycles. The first kappa shape index (κ1) is 21.4. The van der Waals surface area contributed by atoms with Crippen molar-refractivity contribution in [2.75, 3.05) is 11.1 Å². The Balaban J connectivity index is 1.67. The zero-order chi connectivity index (χ0) is 20.8. The van der Waals surface area contributed by atoms with Gasteiger partial charge in [-0.05, 0) is 36.1 Å². The number of amides is 1. The van der Waals surface area contributed by atoms with Crippen LogP contribution < -0.4 is 5.32 Å². The molecule has 0 bridgehead atoms. The maximum absolute atomic E-state index is 12.4. The summed E-state index contributed by atoms with van der Waals surface area (Å²) in [6, 6.07) is 15.7. The topological polar surface area (TPSA) is 59.8 Å². The first-order chi connectivity index (χ1) is 13.9. The molecule has 0 aliphatic carbocycles. The molecule has 1 N–H and O–H groups in total. The number of carbonyl (C=O) groups is 1. The van der Waals surface area contributed by atoms with Crippen LogP contribution in [0.3, 0.4) is 0 Å². The molecule has 0 fully saturated rings. The minimum Gasteiger partial charge on any atom is -0.325 e. The van der Waals surface area contributed by atoms with Gasteiger partial charge in [0.25, 0.3) is 0 Å². The molecule has 3 rings (SSSR count). The summed E-state index contributed by atoms with van der Waals surface area (Å²) in [4.78, 5) is 12.4. The van der Waals surface area contributed by atoms with E-state index in [9.17, 15) is 4.79 Å². The molecule has 5 nitrogen and oxygen atoms in total. The maximum Gasteiger partial charge on any atom is 0.234 e. The van der Waals surface area contributed by atoms with Gasteiger partial charge >= 0.3 is 0 Å². The molecule has 2 aromatic carbocycles. The molecular formula is C22H25ClN4OS. The second-order valence-electron chi connectivity index (χ2n) is 7.37. The van der Waals surface area contributed by atoms with Crippen LogP contribution in [-0.2, 0) is 17.8 Å². The second kappa shape index (κ2) is 9.94. The molecular weight excluding hydrogens is 404 g/mol. The third-order valence-corrected chi connectivity index (χ3v) is 5.71. The van der Waals surface area contributed by atoms with Crippen LogP contribution in [-0.4, -0.2) is 26.4 Å². The predicted molar refractivity (Wildman–Crippen MR) is 120 cm³/mol. The monoisotopic (exact) mass is 428 g/mol. The molecule has 0 saturated carbocycles. The number of aromatic nitrogens is 3. The highest BCUT2D eigenvalue weighted by Gasteiger charge is 2.16. The van der Waals surface area contributed by atoms with Gasteiger partial charge in [0.2, 0.25) is 5.91 Å². The van der Waals surface area contributed by atoms with Crippen molar-refractivity contribution in [1.29, 1.82) is 0 Å². The number of aryl methyl sites for hydroxylation is 1. The molecule has 0 aliphatic rings. The number of carbonyl (C=O) groups excluding carboxylic acids is 1. The van der Waals surface area contributed by atoms with Crippen molar-refractivity contribution in [3.8, 4) is 0 Å². The molecule has 0 unspecified atom stereocenters. The number of hydrogen-bond donors (Lipinski definition) is 1. The van der Waals surface area contributed by atoms with Crippen LogP contribution in [0, 0.1) is 12.8 Å². The van der Waals surface area contributed by atoms with Crippen molar-refractivity contribution in [3.05, 3.63) is 70.5 Å². The summed E-state index contributed by atoms with van der Waals surface area (Å²) < 4.78 is 2.12. The molecule has 0 radical (unpaired) electrons. The number of nitrogens with one attached hydrogen (secondary N) is 1. The van der Waals surface area contributed by atoms with Gasteiger partial charge in [-0.1, -0.05) is 73.6 Å². The molecule has 3 aromatic rings. The van der Waals surface area contributed by atoms with Crippen LogP contribution in [0.2, 0.25) is 5.02 Å². The third-order valence-electron chi connectivity index (χ3n) is 4.33. The van der Waals surface area contributed by atoms with Crippen LogP contribution in [0.15, 0.2) is 53.7 Å². The highest BCUT2D eigenvalue weighted by atomic mass is 35.5. The van der Waals surface area contributed by atoms with E-state index in [2.05, 4.69) is 46.1 Å². The van der Waals surface area contributed by atoms with Crippen LogP contribution in [0.4, 0.5) is 5.69 Å². The third kappa shape index (κ3) is 6.08. The minimum atomic E-state index is -0.0985. The zero-order valence-electron chi connectivity index (χ0n) is 16.9. The second-order valence-corrected chi connectivity index (χ2v) is 8.72. The van der Waals surface area contributed by atoms with E-state index in [1.807, 2.05) is 37.3 Å². The summed E-state index contributed by atoms with van der Waals surface area (Å²) in [5, 5.41) is 13.0. The van der Waals surface area contributed by atoms with E-state index >= 15 is 0 Å². The van der Waals surface area contributed by atoms with Crippen LogP contribution in [0.25, 0.3) is 0 Å². The lowest BCUT2D eigenvalue weighted by Gasteiger charge is -2.12. The Morgan fingerprint density at radius 2 is 1.93 bits per heavy atom. The first-order valence-corrected chi connectivity index (χ1v) is 10.9. The van der Waals surface area contributed by atoms with E-state index in [1.165, 1.54) is 17.3 Å². The van der Waals surface area contributed by atoms with Crippen molar-refractivity contribution in [2.24, 2.45) is 5.92 Å². The smallest absolute Gasteiger partial charge is 0.234 e. The fourth-order valence-corrected chi connectivity index (χ4v) is 3.83. The Kier molecular flexibility index (Phi) is 7.34. The van der Waals surface area contributed by atoms with Gasteiger partial charge < -0.3 is 9.88 Å². The quantitative estimate of drug-likeness (QED) is 0.500. The number of anilines is 1. The molecule has 0 atom stereocenters. The Hall–Kier alpha value is -2.31. The Morgan fingerprint density at radius 1 is 1.17 bits per heavy atom. The van der Waals surface area contributed by atoms with Crippen molar-refractivity contribution < 1.29 is 4.79 Å². The molecule has 1 aromatic heterocycles. The zero-order valence-corrected chi connectivity index (χ0v) is 18.4. The van der Waals surface area contributed by atoms with Crippen molar-refractivity contribution in [1.82, 2.24) is 14.8 Å². The fraction of sp³-hybridized carbons (Fsp3) is 0.318. The number of thioether (sulfide) groups is 1. The van der Waals surface area contributed by atoms with Gasteiger partial charge in [-0.25, -0.2) is 0 Å². The highest BCUT2D eigenvalue weighted by Crippen LogP contribution is 2.22. The van der Waals surface area contributed by atoms with Gasteiger partial charge in [0.15, 0.2) is 5.16 Å². The van der Waals surface area contributed by atoms with Gasteiger partial charge in [-0.3, -0.25) is 4.79 Å². The Morgan fingerprint density at radius 3 is 2.62 bits per heavy atom. The molecule has 152 valence electrons. The van der Waals surface area contributed by atoms with Gasteiger partial charge in [-0.2, -0.15) is 0 Å². The molecule has 1 amide bonds. The minimum absolute atomic E-state index is 0.0985. The average Bonchev–Trinajstić information content (AvgIpc) is 3.05. The van der Waals surface area contributed by atoms with E-state index < -0.39 is 0 Å². The average molecular weight is 429 g/mol. The Bertz CT molecular complexity index is 972. The maximum atomic E-state index is 12.4. The largest absolute Gasteiger partial charge is 0.325 e. The summed E-state index contributed by atoms with van der Waals surface area (Å²) in [7, 11) is 0. The van der Waals surface area contributed by atoms with E-state index in [4.69, 9.17) is 11.6 Å². The van der Waals surface area contributed by atoms with Crippen LogP contribution >= 0.6 is 23.4 Å². The number of nitrogens with zero attached hydrogens (tertiary/aromatic N) is 3.